The molecule has 6 heteroatoms. The Morgan fingerprint density at radius 3 is 2.78 bits per heavy atom. The zero-order chi connectivity index (χ0) is 12.1. The van der Waals surface area contributed by atoms with E-state index >= 15 is 0 Å². The predicted molar refractivity (Wildman–Crippen MR) is 84.1 cm³/mol. The van der Waals surface area contributed by atoms with Gasteiger partial charge >= 0.3 is 0 Å². The van der Waals surface area contributed by atoms with Crippen molar-refractivity contribution >= 4 is 29.9 Å². The van der Waals surface area contributed by atoms with E-state index in [1.165, 1.54) is 0 Å². The molecule has 5 nitrogen and oxygen atoms in total. The number of aryl methyl sites for hydroxylation is 1. The molecule has 1 aliphatic carbocycles. The van der Waals surface area contributed by atoms with Crippen molar-refractivity contribution in [2.75, 3.05) is 7.05 Å². The maximum Gasteiger partial charge on any atom is 0.191 e. The molecule has 100 valence electrons. The summed E-state index contributed by atoms with van der Waals surface area (Å²) in [5.41, 5.74) is 1.14. The molecule has 0 aliphatic heterocycles. The lowest BCUT2D eigenvalue weighted by atomic mass is 10.2. The molecule has 18 heavy (non-hydrogen) atoms. The van der Waals surface area contributed by atoms with Crippen molar-refractivity contribution in [1.29, 1.82) is 0 Å². The van der Waals surface area contributed by atoms with Gasteiger partial charge < -0.3 is 10.6 Å². The summed E-state index contributed by atoms with van der Waals surface area (Å²) in [6, 6.07) is 2.48. The largest absolute Gasteiger partial charge is 0.353 e. The summed E-state index contributed by atoms with van der Waals surface area (Å²) in [5.74, 6) is 0.847. The van der Waals surface area contributed by atoms with Crippen LogP contribution in [0.2, 0.25) is 0 Å². The molecule has 0 saturated heterocycles. The van der Waals surface area contributed by atoms with Crippen LogP contribution in [0.15, 0.2) is 29.4 Å². The fraction of sp³-hybridized carbons (Fsp3) is 0.500. The molecule has 2 rings (SSSR count). The Morgan fingerprint density at radius 2 is 2.22 bits per heavy atom. The first-order valence-corrected chi connectivity index (χ1v) is 5.88. The zero-order valence-electron chi connectivity index (χ0n) is 10.8. The second-order valence-electron chi connectivity index (χ2n) is 4.16. The number of rotatable bonds is 3. The minimum atomic E-state index is 0. The molecule has 0 atom stereocenters. The summed E-state index contributed by atoms with van der Waals surface area (Å²) in [6.45, 7) is 0.732. The lowest BCUT2D eigenvalue weighted by molar-refractivity contribution is 0.624. The molecule has 1 aromatic rings. The van der Waals surface area contributed by atoms with Crippen molar-refractivity contribution in [3.05, 3.63) is 30.1 Å². The second-order valence-corrected chi connectivity index (χ2v) is 4.16. The number of aliphatic imine (C=N–C) groups is 1. The Morgan fingerprint density at radius 1 is 1.50 bits per heavy atom. The van der Waals surface area contributed by atoms with E-state index in [-0.39, 0.29) is 24.0 Å². The standard InChI is InChI=1S/C12H19N5.HI/c1-13-12(16-10-5-3-4-6-10)14-9-11-7-8-15-17(11)2;/h3-4,7-8,10H,5-6,9H2,1-2H3,(H2,13,14,16);1H. The van der Waals surface area contributed by atoms with Crippen LogP contribution in [0.25, 0.3) is 0 Å². The first kappa shape index (κ1) is 15.0. The first-order valence-electron chi connectivity index (χ1n) is 5.88. The molecule has 0 spiro atoms. The smallest absolute Gasteiger partial charge is 0.191 e. The molecule has 1 aromatic heterocycles. The molecule has 0 fully saturated rings. The first-order chi connectivity index (χ1) is 8.29. The van der Waals surface area contributed by atoms with Crippen molar-refractivity contribution in [1.82, 2.24) is 20.4 Å². The number of nitrogens with zero attached hydrogens (tertiary/aromatic N) is 3. The number of guanidine groups is 1. The summed E-state index contributed by atoms with van der Waals surface area (Å²) in [5, 5.41) is 10.8. The molecule has 0 unspecified atom stereocenters. The van der Waals surface area contributed by atoms with Gasteiger partial charge in [0, 0.05) is 26.3 Å². The van der Waals surface area contributed by atoms with Gasteiger partial charge in [0.05, 0.1) is 12.2 Å². The van der Waals surface area contributed by atoms with E-state index in [0.29, 0.717) is 6.04 Å². The average Bonchev–Trinajstić information content (AvgIpc) is 2.96. The van der Waals surface area contributed by atoms with Crippen LogP contribution in [0.4, 0.5) is 0 Å². The molecule has 1 aliphatic rings. The second kappa shape index (κ2) is 7.40. The molecule has 0 aromatic carbocycles. The molecule has 0 saturated carbocycles. The maximum atomic E-state index is 4.22. The molecule has 0 radical (unpaired) electrons. The van der Waals surface area contributed by atoms with Gasteiger partial charge in [0.15, 0.2) is 5.96 Å². The van der Waals surface area contributed by atoms with E-state index in [4.69, 9.17) is 0 Å². The minimum absolute atomic E-state index is 0. The molecular weight excluding hydrogens is 341 g/mol. The maximum absolute atomic E-state index is 4.22. The van der Waals surface area contributed by atoms with Crippen LogP contribution >= 0.6 is 24.0 Å². The van der Waals surface area contributed by atoms with Gasteiger partial charge in [0.1, 0.15) is 0 Å². The lowest BCUT2D eigenvalue weighted by Gasteiger charge is -2.16. The van der Waals surface area contributed by atoms with Gasteiger partial charge in [-0.15, -0.1) is 24.0 Å². The quantitative estimate of drug-likeness (QED) is 0.371. The molecule has 1 heterocycles. The third kappa shape index (κ3) is 4.01. The van der Waals surface area contributed by atoms with Crippen LogP contribution in [0.1, 0.15) is 18.5 Å². The third-order valence-electron chi connectivity index (χ3n) is 2.93. The zero-order valence-corrected chi connectivity index (χ0v) is 13.1. The third-order valence-corrected chi connectivity index (χ3v) is 2.93. The van der Waals surface area contributed by atoms with Gasteiger partial charge in [-0.1, -0.05) is 12.2 Å². The summed E-state index contributed by atoms with van der Waals surface area (Å²) < 4.78 is 1.86. The van der Waals surface area contributed by atoms with Crippen molar-refractivity contribution in [3.63, 3.8) is 0 Å². The van der Waals surface area contributed by atoms with Crippen LogP contribution in [0, 0.1) is 0 Å². The number of hydrogen-bond acceptors (Lipinski definition) is 2. The van der Waals surface area contributed by atoms with Gasteiger partial charge in [-0.25, -0.2) is 0 Å². The van der Waals surface area contributed by atoms with Crippen LogP contribution < -0.4 is 10.6 Å². The summed E-state index contributed by atoms with van der Waals surface area (Å²) >= 11 is 0. The van der Waals surface area contributed by atoms with Crippen molar-refractivity contribution < 1.29 is 0 Å². The summed E-state index contributed by atoms with van der Waals surface area (Å²) in [6.07, 6.45) is 8.35. The normalized spacial score (nSPS) is 15.6. The van der Waals surface area contributed by atoms with Gasteiger partial charge in [-0.05, 0) is 18.9 Å². The van der Waals surface area contributed by atoms with Crippen LogP contribution in [0.5, 0.6) is 0 Å². The Labute approximate surface area is 125 Å². The summed E-state index contributed by atoms with van der Waals surface area (Å²) in [4.78, 5) is 4.22. The van der Waals surface area contributed by atoms with Crippen LogP contribution in [0.3, 0.4) is 0 Å². The Kier molecular flexibility index (Phi) is 6.17. The number of hydrogen-bond donors (Lipinski definition) is 2. The molecule has 0 bridgehead atoms. The van der Waals surface area contributed by atoms with E-state index in [9.17, 15) is 0 Å². The van der Waals surface area contributed by atoms with Gasteiger partial charge in [-0.2, -0.15) is 5.10 Å². The van der Waals surface area contributed by atoms with E-state index in [1.807, 2.05) is 17.8 Å². The van der Waals surface area contributed by atoms with E-state index in [0.717, 1.165) is 31.0 Å². The topological polar surface area (TPSA) is 54.2 Å². The molecular formula is C12H20IN5. The van der Waals surface area contributed by atoms with E-state index < -0.39 is 0 Å². The van der Waals surface area contributed by atoms with E-state index in [2.05, 4.69) is 32.9 Å². The Hall–Kier alpha value is -1.05. The monoisotopic (exact) mass is 361 g/mol. The predicted octanol–water partition coefficient (Wildman–Crippen LogP) is 1.42. The molecule has 0 amide bonds. The van der Waals surface area contributed by atoms with Crippen molar-refractivity contribution in [2.45, 2.75) is 25.4 Å². The minimum Gasteiger partial charge on any atom is -0.353 e. The number of halogens is 1. The molecule has 2 N–H and O–H groups in total. The van der Waals surface area contributed by atoms with Crippen LogP contribution in [-0.2, 0) is 13.6 Å². The number of aromatic nitrogens is 2. The lowest BCUT2D eigenvalue weighted by Crippen LogP contribution is -2.42. The van der Waals surface area contributed by atoms with Gasteiger partial charge in [0.2, 0.25) is 0 Å². The fourth-order valence-electron chi connectivity index (χ4n) is 1.87. The highest BCUT2D eigenvalue weighted by atomic mass is 127. The van der Waals surface area contributed by atoms with E-state index in [1.54, 1.807) is 13.2 Å². The SMILES string of the molecule is CN=C(NCc1ccnn1C)NC1CC=CC1.I. The highest BCUT2D eigenvalue weighted by Crippen LogP contribution is 2.08. The Bertz CT molecular complexity index is 416. The van der Waals surface area contributed by atoms with Gasteiger partial charge in [0.25, 0.3) is 0 Å². The fourth-order valence-corrected chi connectivity index (χ4v) is 1.87. The van der Waals surface area contributed by atoms with Crippen LogP contribution in [-0.4, -0.2) is 28.8 Å². The summed E-state index contributed by atoms with van der Waals surface area (Å²) in [7, 11) is 3.73. The van der Waals surface area contributed by atoms with Crippen molar-refractivity contribution in [3.8, 4) is 0 Å². The Balaban J connectivity index is 0.00000162. The van der Waals surface area contributed by atoms with Crippen molar-refractivity contribution in [2.24, 2.45) is 12.0 Å². The number of nitrogens with one attached hydrogen (secondary N) is 2. The van der Waals surface area contributed by atoms with Gasteiger partial charge in [-0.3, -0.25) is 9.67 Å². The highest BCUT2D eigenvalue weighted by Gasteiger charge is 2.11. The highest BCUT2D eigenvalue weighted by molar-refractivity contribution is 14.0. The average molecular weight is 361 g/mol.